The van der Waals surface area contributed by atoms with Gasteiger partial charge in [-0.15, -0.1) is 0 Å². The summed E-state index contributed by atoms with van der Waals surface area (Å²) in [5, 5.41) is 3.14. The number of pyridine rings is 1. The van der Waals surface area contributed by atoms with Gasteiger partial charge in [-0.05, 0) is 35.1 Å². The maximum atomic E-state index is 4.42. The molecule has 74 valence electrons. The normalized spacial score (nSPS) is 11.0. The number of hydrogen-bond donors (Lipinski definition) is 1. The summed E-state index contributed by atoms with van der Waals surface area (Å²) >= 11 is 3.48. The van der Waals surface area contributed by atoms with Gasteiger partial charge in [-0.25, -0.2) is 4.98 Å². The first-order valence-corrected chi connectivity index (χ1v) is 5.38. The minimum absolute atomic E-state index is 0.943. The third-order valence-corrected chi connectivity index (χ3v) is 2.83. The van der Waals surface area contributed by atoms with Crippen LogP contribution >= 0.6 is 15.9 Å². The lowest BCUT2D eigenvalue weighted by Gasteiger charge is -2.01. The van der Waals surface area contributed by atoms with E-state index in [0.29, 0.717) is 0 Å². The van der Waals surface area contributed by atoms with Gasteiger partial charge in [-0.3, -0.25) is 0 Å². The van der Waals surface area contributed by atoms with Crippen LogP contribution in [-0.4, -0.2) is 23.0 Å². The molecular formula is C10H12BrN3. The van der Waals surface area contributed by atoms with E-state index in [4.69, 9.17) is 0 Å². The first-order chi connectivity index (χ1) is 6.83. The average Bonchev–Trinajstić information content (AvgIpc) is 2.51. The van der Waals surface area contributed by atoms with Crippen LogP contribution in [0.25, 0.3) is 5.65 Å². The van der Waals surface area contributed by atoms with E-state index in [9.17, 15) is 0 Å². The molecule has 0 amide bonds. The molecule has 3 nitrogen and oxygen atoms in total. The summed E-state index contributed by atoms with van der Waals surface area (Å²) in [4.78, 5) is 4.42. The van der Waals surface area contributed by atoms with E-state index in [2.05, 4.69) is 30.6 Å². The fourth-order valence-electron chi connectivity index (χ4n) is 1.48. The van der Waals surface area contributed by atoms with Gasteiger partial charge in [-0.1, -0.05) is 6.07 Å². The van der Waals surface area contributed by atoms with E-state index in [1.165, 1.54) is 5.69 Å². The van der Waals surface area contributed by atoms with Crippen molar-refractivity contribution in [2.75, 3.05) is 13.6 Å². The second kappa shape index (κ2) is 4.11. The number of nitrogens with one attached hydrogen (secondary N) is 1. The maximum absolute atomic E-state index is 4.42. The molecule has 14 heavy (non-hydrogen) atoms. The molecule has 0 bridgehead atoms. The molecular weight excluding hydrogens is 242 g/mol. The maximum Gasteiger partial charge on any atom is 0.138 e. The van der Waals surface area contributed by atoms with Crippen LogP contribution in [0, 0.1) is 0 Å². The molecule has 0 unspecified atom stereocenters. The molecule has 2 rings (SSSR count). The highest BCUT2D eigenvalue weighted by Crippen LogP contribution is 2.18. The highest BCUT2D eigenvalue weighted by Gasteiger charge is 2.07. The SMILES string of the molecule is CNCCc1c(Br)nc2ccccn12. The standard InChI is InChI=1S/C10H12BrN3/c1-12-6-5-8-10(11)13-9-4-2-3-7-14(8)9/h2-4,7,12H,5-6H2,1H3. The topological polar surface area (TPSA) is 29.3 Å². The van der Waals surface area contributed by atoms with Crippen LogP contribution in [0.2, 0.25) is 0 Å². The van der Waals surface area contributed by atoms with E-state index in [-0.39, 0.29) is 0 Å². The second-order valence-corrected chi connectivity index (χ2v) is 3.88. The molecule has 0 radical (unpaired) electrons. The fraction of sp³-hybridized carbons (Fsp3) is 0.300. The Hall–Kier alpha value is -0.870. The predicted octanol–water partition coefficient (Wildman–Crippen LogP) is 1.86. The zero-order valence-corrected chi connectivity index (χ0v) is 9.58. The summed E-state index contributed by atoms with van der Waals surface area (Å²) in [5.41, 5.74) is 2.21. The summed E-state index contributed by atoms with van der Waals surface area (Å²) in [5.74, 6) is 0. The minimum Gasteiger partial charge on any atom is -0.319 e. The molecule has 0 fully saturated rings. The van der Waals surface area contributed by atoms with Crippen LogP contribution in [0.1, 0.15) is 5.69 Å². The van der Waals surface area contributed by atoms with E-state index >= 15 is 0 Å². The molecule has 0 aliphatic rings. The van der Waals surface area contributed by atoms with Crippen molar-refractivity contribution in [3.8, 4) is 0 Å². The van der Waals surface area contributed by atoms with Crippen molar-refractivity contribution in [3.05, 3.63) is 34.7 Å². The number of aromatic nitrogens is 2. The third kappa shape index (κ3) is 1.67. The van der Waals surface area contributed by atoms with Crippen LogP contribution in [0.4, 0.5) is 0 Å². The molecule has 0 saturated carbocycles. The number of likely N-dealkylation sites (N-methyl/N-ethyl adjacent to an activating group) is 1. The van der Waals surface area contributed by atoms with E-state index in [1.807, 2.05) is 31.4 Å². The van der Waals surface area contributed by atoms with Crippen LogP contribution in [0.3, 0.4) is 0 Å². The lowest BCUT2D eigenvalue weighted by Crippen LogP contribution is -2.11. The second-order valence-electron chi connectivity index (χ2n) is 3.13. The van der Waals surface area contributed by atoms with Crippen molar-refractivity contribution < 1.29 is 0 Å². The van der Waals surface area contributed by atoms with Crippen molar-refractivity contribution in [1.82, 2.24) is 14.7 Å². The molecule has 0 spiro atoms. The molecule has 2 aromatic rings. The van der Waals surface area contributed by atoms with Gasteiger partial charge in [0.1, 0.15) is 10.3 Å². The predicted molar refractivity (Wildman–Crippen MR) is 60.5 cm³/mol. The summed E-state index contributed by atoms with van der Waals surface area (Å²) in [6.45, 7) is 0.960. The minimum atomic E-state index is 0.943. The van der Waals surface area contributed by atoms with E-state index in [1.54, 1.807) is 0 Å². The van der Waals surface area contributed by atoms with Crippen LogP contribution in [0.15, 0.2) is 29.0 Å². The number of nitrogens with zero attached hydrogens (tertiary/aromatic N) is 2. The Balaban J connectivity index is 2.45. The number of imidazole rings is 1. The van der Waals surface area contributed by atoms with Crippen LogP contribution in [-0.2, 0) is 6.42 Å². The molecule has 4 heteroatoms. The quantitative estimate of drug-likeness (QED) is 0.905. The van der Waals surface area contributed by atoms with Gasteiger partial charge in [0.25, 0.3) is 0 Å². The molecule has 0 aliphatic carbocycles. The summed E-state index contributed by atoms with van der Waals surface area (Å²) in [6.07, 6.45) is 3.01. The summed E-state index contributed by atoms with van der Waals surface area (Å²) < 4.78 is 3.06. The largest absolute Gasteiger partial charge is 0.319 e. The zero-order valence-electron chi connectivity index (χ0n) is 8.00. The Morgan fingerprint density at radius 2 is 2.36 bits per heavy atom. The van der Waals surface area contributed by atoms with Gasteiger partial charge >= 0.3 is 0 Å². The van der Waals surface area contributed by atoms with Gasteiger partial charge < -0.3 is 9.72 Å². The summed E-state index contributed by atoms with van der Waals surface area (Å²) in [6, 6.07) is 6.02. The highest BCUT2D eigenvalue weighted by molar-refractivity contribution is 9.10. The Labute approximate surface area is 91.3 Å². The van der Waals surface area contributed by atoms with Gasteiger partial charge in [0, 0.05) is 19.2 Å². The highest BCUT2D eigenvalue weighted by atomic mass is 79.9. The van der Waals surface area contributed by atoms with Crippen molar-refractivity contribution in [1.29, 1.82) is 0 Å². The number of halogens is 1. The van der Waals surface area contributed by atoms with E-state index < -0.39 is 0 Å². The molecule has 0 aliphatic heterocycles. The third-order valence-electron chi connectivity index (χ3n) is 2.19. The van der Waals surface area contributed by atoms with Crippen LogP contribution < -0.4 is 5.32 Å². The lowest BCUT2D eigenvalue weighted by molar-refractivity contribution is 0.768. The van der Waals surface area contributed by atoms with Crippen LogP contribution in [0.5, 0.6) is 0 Å². The molecule has 2 aromatic heterocycles. The molecule has 0 saturated heterocycles. The van der Waals surface area contributed by atoms with Gasteiger partial charge in [0.2, 0.25) is 0 Å². The Morgan fingerprint density at radius 1 is 1.50 bits per heavy atom. The smallest absolute Gasteiger partial charge is 0.138 e. The van der Waals surface area contributed by atoms with Crippen molar-refractivity contribution in [3.63, 3.8) is 0 Å². The van der Waals surface area contributed by atoms with Crippen molar-refractivity contribution in [2.24, 2.45) is 0 Å². The molecule has 1 N–H and O–H groups in total. The Bertz CT molecular complexity index is 436. The first kappa shape index (κ1) is 9.68. The monoisotopic (exact) mass is 253 g/mol. The van der Waals surface area contributed by atoms with E-state index in [0.717, 1.165) is 23.2 Å². The lowest BCUT2D eigenvalue weighted by atomic mass is 10.3. The Kier molecular flexibility index (Phi) is 2.84. The van der Waals surface area contributed by atoms with Gasteiger partial charge in [0.05, 0.1) is 5.69 Å². The van der Waals surface area contributed by atoms with Gasteiger partial charge in [-0.2, -0.15) is 0 Å². The number of hydrogen-bond acceptors (Lipinski definition) is 2. The molecule has 0 atom stereocenters. The fourth-order valence-corrected chi connectivity index (χ4v) is 2.06. The zero-order chi connectivity index (χ0) is 9.97. The average molecular weight is 254 g/mol. The number of rotatable bonds is 3. The van der Waals surface area contributed by atoms with Crippen molar-refractivity contribution in [2.45, 2.75) is 6.42 Å². The van der Waals surface area contributed by atoms with Crippen molar-refractivity contribution >= 4 is 21.6 Å². The number of fused-ring (bicyclic) bond motifs is 1. The summed E-state index contributed by atoms with van der Waals surface area (Å²) in [7, 11) is 1.96. The van der Waals surface area contributed by atoms with Gasteiger partial charge in [0.15, 0.2) is 0 Å². The Morgan fingerprint density at radius 3 is 3.14 bits per heavy atom. The molecule has 2 heterocycles. The molecule has 0 aromatic carbocycles. The first-order valence-electron chi connectivity index (χ1n) is 4.59.